The van der Waals surface area contributed by atoms with Crippen LogP contribution < -0.4 is 15.8 Å². The number of nitrogens with zero attached hydrogens (tertiary/aromatic N) is 3. The van der Waals surface area contributed by atoms with Gasteiger partial charge < -0.3 is 20.5 Å². The smallest absolute Gasteiger partial charge is 0.223 e. The van der Waals surface area contributed by atoms with Gasteiger partial charge in [0.2, 0.25) is 5.95 Å². The average Bonchev–Trinajstić information content (AvgIpc) is 3.34. The molecule has 0 radical (unpaired) electrons. The minimum atomic E-state index is 0.133. The number of aryl methyl sites for hydroxylation is 1. The molecule has 128 valence electrons. The molecule has 1 unspecified atom stereocenters. The highest BCUT2D eigenvalue weighted by atomic mass is 35.5. The number of nitrogens with one attached hydrogen (secondary N) is 1. The highest BCUT2D eigenvalue weighted by Crippen LogP contribution is 2.29. The predicted octanol–water partition coefficient (Wildman–Crippen LogP) is 2.29. The maximum atomic E-state index is 6.23. The third-order valence-electron chi connectivity index (χ3n) is 3.98. The number of halogens is 1. The fraction of sp³-hybridized carbons (Fsp3) is 0.438. The number of anilines is 2. The van der Waals surface area contributed by atoms with E-state index in [1.54, 1.807) is 13.3 Å². The Morgan fingerprint density at radius 2 is 2.17 bits per heavy atom. The van der Waals surface area contributed by atoms with E-state index < -0.39 is 0 Å². The molecule has 0 spiro atoms. The normalized spacial score (nSPS) is 16.1. The van der Waals surface area contributed by atoms with Gasteiger partial charge in [-0.25, -0.2) is 4.98 Å². The molecule has 0 amide bonds. The van der Waals surface area contributed by atoms with Crippen LogP contribution in [0.3, 0.4) is 0 Å². The fourth-order valence-corrected chi connectivity index (χ4v) is 2.88. The van der Waals surface area contributed by atoms with Gasteiger partial charge in [-0.05, 0) is 13.8 Å². The van der Waals surface area contributed by atoms with E-state index in [0.717, 1.165) is 34.7 Å². The van der Waals surface area contributed by atoms with Gasteiger partial charge in [0.05, 0.1) is 32.1 Å². The molecule has 1 aliphatic rings. The minimum Gasteiger partial charge on any atom is -0.496 e. The first-order valence-electron chi connectivity index (χ1n) is 7.66. The van der Waals surface area contributed by atoms with Gasteiger partial charge in [0.25, 0.3) is 0 Å². The molecule has 8 heteroatoms. The van der Waals surface area contributed by atoms with Gasteiger partial charge in [0, 0.05) is 29.3 Å². The Bertz CT molecular complexity index is 765. The lowest BCUT2D eigenvalue weighted by Crippen LogP contribution is -2.12. The summed E-state index contributed by atoms with van der Waals surface area (Å²) in [6.07, 6.45) is 2.63. The van der Waals surface area contributed by atoms with Crippen molar-refractivity contribution in [3.05, 3.63) is 33.7 Å². The van der Waals surface area contributed by atoms with Crippen LogP contribution in [0, 0.1) is 13.8 Å². The maximum Gasteiger partial charge on any atom is 0.223 e. The molecule has 2 aromatic heterocycles. The van der Waals surface area contributed by atoms with Crippen LogP contribution >= 0.6 is 11.6 Å². The van der Waals surface area contributed by atoms with Crippen LogP contribution in [-0.4, -0.2) is 34.8 Å². The van der Waals surface area contributed by atoms with E-state index >= 15 is 0 Å². The lowest BCUT2D eigenvalue weighted by molar-refractivity contribution is 0.407. The minimum absolute atomic E-state index is 0.133. The number of nitrogen functional groups attached to an aromatic ring is 1. The van der Waals surface area contributed by atoms with Gasteiger partial charge in [-0.3, -0.25) is 4.98 Å². The molecule has 2 aromatic rings. The average molecular weight is 350 g/mol. The number of methoxy groups -OCH3 is 1. The quantitative estimate of drug-likeness (QED) is 0.609. The zero-order valence-electron chi connectivity index (χ0n) is 13.9. The van der Waals surface area contributed by atoms with E-state index in [4.69, 9.17) is 26.8 Å². The van der Waals surface area contributed by atoms with E-state index in [-0.39, 0.29) is 12.1 Å². The van der Waals surface area contributed by atoms with Gasteiger partial charge in [0.15, 0.2) is 0 Å². The summed E-state index contributed by atoms with van der Waals surface area (Å²) in [5.41, 5.74) is 9.40. The zero-order chi connectivity index (χ0) is 17.3. The second-order valence-electron chi connectivity index (χ2n) is 5.76. The Labute approximate surface area is 145 Å². The molecule has 0 saturated carbocycles. The molecule has 0 aliphatic carbocycles. The molecular weight excluding hydrogens is 330 g/mol. The fourth-order valence-electron chi connectivity index (χ4n) is 2.63. The number of rotatable bonds is 6. The number of ether oxygens (including phenoxy) is 2. The molecule has 3 N–H and O–H groups in total. The molecular formula is C16H20ClN5O2. The Hall–Kier alpha value is -2.12. The first-order chi connectivity index (χ1) is 11.5. The molecule has 1 saturated heterocycles. The summed E-state index contributed by atoms with van der Waals surface area (Å²) in [6, 6.07) is 0. The zero-order valence-corrected chi connectivity index (χ0v) is 14.6. The summed E-state index contributed by atoms with van der Waals surface area (Å²) in [4.78, 5) is 12.8. The summed E-state index contributed by atoms with van der Waals surface area (Å²) in [5, 5.41) is 3.62. The highest BCUT2D eigenvalue weighted by Gasteiger charge is 2.26. The SMILES string of the molecule is COc1c(C)cnc(CNc2nc(N)nc(Cl)c2CC2CO2)c1C. The van der Waals surface area contributed by atoms with Crippen molar-refractivity contribution in [3.8, 4) is 5.75 Å². The van der Waals surface area contributed by atoms with Crippen LogP contribution in [0.15, 0.2) is 6.20 Å². The van der Waals surface area contributed by atoms with E-state index in [2.05, 4.69) is 20.3 Å². The third-order valence-corrected chi connectivity index (χ3v) is 4.29. The van der Waals surface area contributed by atoms with Crippen molar-refractivity contribution in [2.24, 2.45) is 0 Å². The molecule has 1 aliphatic heterocycles. The molecule has 1 fully saturated rings. The van der Waals surface area contributed by atoms with E-state index in [9.17, 15) is 0 Å². The number of pyridine rings is 1. The van der Waals surface area contributed by atoms with Gasteiger partial charge in [-0.15, -0.1) is 0 Å². The summed E-state index contributed by atoms with van der Waals surface area (Å²) in [5.74, 6) is 1.59. The Kier molecular flexibility index (Phi) is 4.73. The number of aromatic nitrogens is 3. The van der Waals surface area contributed by atoms with Crippen molar-refractivity contribution in [1.29, 1.82) is 0 Å². The van der Waals surface area contributed by atoms with Crippen LogP contribution in [0.4, 0.5) is 11.8 Å². The van der Waals surface area contributed by atoms with Gasteiger partial charge in [-0.2, -0.15) is 4.98 Å². The second-order valence-corrected chi connectivity index (χ2v) is 6.12. The van der Waals surface area contributed by atoms with Crippen molar-refractivity contribution in [3.63, 3.8) is 0 Å². The maximum absolute atomic E-state index is 6.23. The lowest BCUT2D eigenvalue weighted by atomic mass is 10.1. The third kappa shape index (κ3) is 3.52. The monoisotopic (exact) mass is 349 g/mol. The van der Waals surface area contributed by atoms with Crippen LogP contribution in [0.25, 0.3) is 0 Å². The molecule has 0 bridgehead atoms. The summed E-state index contributed by atoms with van der Waals surface area (Å²) in [7, 11) is 1.66. The van der Waals surface area contributed by atoms with Crippen LogP contribution in [0.2, 0.25) is 5.15 Å². The molecule has 7 nitrogen and oxygen atoms in total. The van der Waals surface area contributed by atoms with E-state index in [1.807, 2.05) is 13.8 Å². The molecule has 3 heterocycles. The highest BCUT2D eigenvalue weighted by molar-refractivity contribution is 6.30. The summed E-state index contributed by atoms with van der Waals surface area (Å²) < 4.78 is 10.7. The first-order valence-corrected chi connectivity index (χ1v) is 8.03. The Balaban J connectivity index is 1.84. The van der Waals surface area contributed by atoms with Gasteiger partial charge in [-0.1, -0.05) is 11.6 Å². The Morgan fingerprint density at radius 3 is 2.83 bits per heavy atom. The molecule has 0 aromatic carbocycles. The lowest BCUT2D eigenvalue weighted by Gasteiger charge is -2.15. The summed E-state index contributed by atoms with van der Waals surface area (Å²) in [6.45, 7) is 5.16. The number of hydrogen-bond donors (Lipinski definition) is 2. The first kappa shape index (κ1) is 16.7. The second kappa shape index (κ2) is 6.78. The predicted molar refractivity (Wildman–Crippen MR) is 92.5 cm³/mol. The standard InChI is InChI=1S/C16H20ClN5O2/c1-8-5-19-12(9(2)13(8)23-3)6-20-15-11(4-10-7-24-10)14(17)21-16(18)22-15/h5,10H,4,6-7H2,1-3H3,(H3,18,20,21,22). The van der Waals surface area contributed by atoms with Crippen LogP contribution in [0.1, 0.15) is 22.4 Å². The van der Waals surface area contributed by atoms with Crippen molar-refractivity contribution in [2.45, 2.75) is 32.9 Å². The van der Waals surface area contributed by atoms with Crippen molar-refractivity contribution >= 4 is 23.4 Å². The molecule has 3 rings (SSSR count). The topological polar surface area (TPSA) is 98.5 Å². The van der Waals surface area contributed by atoms with Gasteiger partial charge >= 0.3 is 0 Å². The van der Waals surface area contributed by atoms with Crippen molar-refractivity contribution in [1.82, 2.24) is 15.0 Å². The number of nitrogens with two attached hydrogens (primary N) is 1. The van der Waals surface area contributed by atoms with Gasteiger partial charge in [0.1, 0.15) is 16.7 Å². The molecule has 1 atom stereocenters. The van der Waals surface area contributed by atoms with Crippen molar-refractivity contribution < 1.29 is 9.47 Å². The molecule has 24 heavy (non-hydrogen) atoms. The number of hydrogen-bond acceptors (Lipinski definition) is 7. The van der Waals surface area contributed by atoms with Crippen LogP contribution in [0.5, 0.6) is 5.75 Å². The Morgan fingerprint density at radius 1 is 1.42 bits per heavy atom. The van der Waals surface area contributed by atoms with E-state index in [0.29, 0.717) is 23.9 Å². The van der Waals surface area contributed by atoms with Crippen molar-refractivity contribution in [2.75, 3.05) is 24.8 Å². The number of epoxide rings is 1. The summed E-state index contributed by atoms with van der Waals surface area (Å²) >= 11 is 6.23. The van der Waals surface area contributed by atoms with Crippen LogP contribution in [-0.2, 0) is 17.7 Å². The van der Waals surface area contributed by atoms with E-state index in [1.165, 1.54) is 0 Å². The largest absolute Gasteiger partial charge is 0.496 e.